The number of hydrogen-bond donors (Lipinski definition) is 2. The molecule has 150 valence electrons. The van der Waals surface area contributed by atoms with E-state index < -0.39 is 5.97 Å². The first kappa shape index (κ1) is 18.4. The molecule has 2 aromatic heterocycles. The Kier molecular flexibility index (Phi) is 4.69. The molecule has 3 heterocycles. The Morgan fingerprint density at radius 1 is 1.13 bits per heavy atom. The fourth-order valence-electron chi connectivity index (χ4n) is 4.02. The molecule has 1 aliphatic heterocycles. The van der Waals surface area contributed by atoms with Crippen molar-refractivity contribution in [1.82, 2.24) is 14.9 Å². The zero-order chi connectivity index (χ0) is 20.5. The molecule has 30 heavy (non-hydrogen) atoms. The first-order chi connectivity index (χ1) is 14.7. The Bertz CT molecular complexity index is 1230. The van der Waals surface area contributed by atoms with Gasteiger partial charge in [0, 0.05) is 48.5 Å². The number of carbonyl (C=O) groups is 1. The summed E-state index contributed by atoms with van der Waals surface area (Å²) in [5.74, 6) is -0.103. The molecule has 6 nitrogen and oxygen atoms in total. The van der Waals surface area contributed by atoms with E-state index in [9.17, 15) is 9.90 Å². The number of carboxylic acid groups (broad SMARTS) is 1. The van der Waals surface area contributed by atoms with Gasteiger partial charge in [-0.2, -0.15) is 0 Å². The summed E-state index contributed by atoms with van der Waals surface area (Å²) >= 11 is 0. The van der Waals surface area contributed by atoms with Gasteiger partial charge in [0.05, 0.1) is 11.3 Å². The molecule has 0 fully saturated rings. The molecule has 0 bridgehead atoms. The second-order valence-electron chi connectivity index (χ2n) is 7.37. The molecule has 2 aromatic carbocycles. The lowest BCUT2D eigenvalue weighted by Gasteiger charge is -2.21. The molecule has 0 saturated carbocycles. The Morgan fingerprint density at radius 2 is 2.00 bits per heavy atom. The van der Waals surface area contributed by atoms with E-state index in [1.165, 1.54) is 0 Å². The molecular weight excluding hydrogens is 378 g/mol. The molecule has 0 spiro atoms. The van der Waals surface area contributed by atoms with Crippen LogP contribution in [0.15, 0.2) is 67.0 Å². The van der Waals surface area contributed by atoms with Crippen LogP contribution in [0, 0.1) is 0 Å². The van der Waals surface area contributed by atoms with Crippen molar-refractivity contribution in [2.75, 3.05) is 6.54 Å². The third kappa shape index (κ3) is 3.31. The molecule has 1 aliphatic rings. The molecule has 0 amide bonds. The fraction of sp³-hybridized carbons (Fsp3) is 0.167. The van der Waals surface area contributed by atoms with E-state index >= 15 is 0 Å². The highest BCUT2D eigenvalue weighted by molar-refractivity contribution is 5.96. The smallest absolute Gasteiger partial charge is 0.335 e. The van der Waals surface area contributed by atoms with E-state index in [0.29, 0.717) is 12.2 Å². The lowest BCUT2D eigenvalue weighted by atomic mass is 10.0. The predicted molar refractivity (Wildman–Crippen MR) is 115 cm³/mol. The van der Waals surface area contributed by atoms with E-state index in [1.54, 1.807) is 24.5 Å². The first-order valence-corrected chi connectivity index (χ1v) is 9.92. The second kappa shape index (κ2) is 7.65. The first-order valence-electron chi connectivity index (χ1n) is 9.92. The summed E-state index contributed by atoms with van der Waals surface area (Å²) in [4.78, 5) is 15.5. The molecule has 6 heteroatoms. The van der Waals surface area contributed by atoms with Gasteiger partial charge in [0.15, 0.2) is 0 Å². The van der Waals surface area contributed by atoms with E-state index in [1.807, 2.05) is 30.3 Å². The van der Waals surface area contributed by atoms with E-state index in [-0.39, 0.29) is 0 Å². The van der Waals surface area contributed by atoms with Crippen LogP contribution >= 0.6 is 0 Å². The quantitative estimate of drug-likeness (QED) is 0.541. The van der Waals surface area contributed by atoms with Gasteiger partial charge in [-0.1, -0.05) is 18.2 Å². The number of fused-ring (bicyclic) bond motifs is 5. The number of ether oxygens (including phenoxy) is 1. The van der Waals surface area contributed by atoms with Gasteiger partial charge in [0.2, 0.25) is 0 Å². The number of hydrogen-bond acceptors (Lipinski definition) is 4. The summed E-state index contributed by atoms with van der Waals surface area (Å²) < 4.78 is 8.43. The molecule has 5 rings (SSSR count). The maximum Gasteiger partial charge on any atom is 0.335 e. The molecular formula is C24H21N3O3. The zero-order valence-electron chi connectivity index (χ0n) is 16.3. The molecule has 0 atom stereocenters. The van der Waals surface area contributed by atoms with Crippen molar-refractivity contribution in [3.63, 3.8) is 0 Å². The van der Waals surface area contributed by atoms with Crippen molar-refractivity contribution in [3.05, 3.63) is 83.7 Å². The van der Waals surface area contributed by atoms with Gasteiger partial charge in [-0.15, -0.1) is 0 Å². The highest BCUT2D eigenvalue weighted by atomic mass is 16.5. The molecule has 2 N–H and O–H groups in total. The maximum absolute atomic E-state index is 11.5. The van der Waals surface area contributed by atoms with Crippen molar-refractivity contribution in [2.24, 2.45) is 0 Å². The number of rotatable bonds is 4. The molecule has 0 unspecified atom stereocenters. The topological polar surface area (TPSA) is 76.4 Å². The highest BCUT2D eigenvalue weighted by Gasteiger charge is 2.20. The third-order valence-corrected chi connectivity index (χ3v) is 5.49. The lowest BCUT2D eigenvalue weighted by molar-refractivity contribution is 0.0697. The summed E-state index contributed by atoms with van der Waals surface area (Å²) in [7, 11) is 0. The number of aromatic carboxylic acids is 1. The fourth-order valence-corrected chi connectivity index (χ4v) is 4.02. The van der Waals surface area contributed by atoms with E-state index in [2.05, 4.69) is 27.0 Å². The summed E-state index contributed by atoms with van der Waals surface area (Å²) in [5, 5.41) is 13.9. The molecule has 0 radical (unpaired) electrons. The van der Waals surface area contributed by atoms with Crippen LogP contribution in [0.25, 0.3) is 22.2 Å². The van der Waals surface area contributed by atoms with Gasteiger partial charge in [-0.3, -0.25) is 4.98 Å². The van der Waals surface area contributed by atoms with Crippen LogP contribution in [-0.2, 0) is 19.7 Å². The van der Waals surface area contributed by atoms with Gasteiger partial charge >= 0.3 is 5.97 Å². The van der Waals surface area contributed by atoms with Gasteiger partial charge in [-0.25, -0.2) is 4.79 Å². The molecule has 0 saturated heterocycles. The van der Waals surface area contributed by atoms with Crippen LogP contribution in [0.4, 0.5) is 0 Å². The minimum Gasteiger partial charge on any atom is -0.488 e. The highest BCUT2D eigenvalue weighted by Crippen LogP contribution is 2.38. The number of aromatic nitrogens is 2. The largest absolute Gasteiger partial charge is 0.488 e. The monoisotopic (exact) mass is 399 g/mol. The van der Waals surface area contributed by atoms with Crippen molar-refractivity contribution >= 4 is 16.9 Å². The minimum atomic E-state index is -0.918. The average Bonchev–Trinajstić information content (AvgIpc) is 3.10. The number of carboxylic acids is 1. The van der Waals surface area contributed by atoms with Crippen LogP contribution in [0.5, 0.6) is 5.75 Å². The Balaban J connectivity index is 1.64. The van der Waals surface area contributed by atoms with Crippen molar-refractivity contribution in [2.45, 2.75) is 19.7 Å². The van der Waals surface area contributed by atoms with Crippen LogP contribution in [0.2, 0.25) is 0 Å². The summed E-state index contributed by atoms with van der Waals surface area (Å²) in [5.41, 5.74) is 5.52. The Morgan fingerprint density at radius 3 is 2.83 bits per heavy atom. The molecule has 0 aliphatic carbocycles. The van der Waals surface area contributed by atoms with Gasteiger partial charge in [-0.05, 0) is 47.5 Å². The van der Waals surface area contributed by atoms with Crippen LogP contribution in [0.3, 0.4) is 0 Å². The predicted octanol–water partition coefficient (Wildman–Crippen LogP) is 4.08. The SMILES string of the molecule is O=C(O)c1ccc2cc3n(c2c1)CCNCc1cccc(OCc2ccncc2)c1-3. The number of nitrogens with zero attached hydrogens (tertiary/aromatic N) is 2. The van der Waals surface area contributed by atoms with Crippen LogP contribution < -0.4 is 10.1 Å². The van der Waals surface area contributed by atoms with Gasteiger partial charge in [0.1, 0.15) is 12.4 Å². The lowest BCUT2D eigenvalue weighted by Crippen LogP contribution is -2.23. The normalized spacial score (nSPS) is 13.2. The zero-order valence-corrected chi connectivity index (χ0v) is 16.3. The summed E-state index contributed by atoms with van der Waals surface area (Å²) in [6, 6.07) is 17.4. The van der Waals surface area contributed by atoms with Crippen molar-refractivity contribution < 1.29 is 14.6 Å². The standard InChI is InChI=1S/C24H21N3O3/c28-24(29)18-5-4-17-12-21-23-19(14-26-10-11-27(21)20(17)13-18)2-1-3-22(23)30-15-16-6-8-25-9-7-16/h1-9,12-13,26H,10-11,14-15H2,(H,28,29). The van der Waals surface area contributed by atoms with E-state index in [4.69, 9.17) is 4.74 Å². The summed E-state index contributed by atoms with van der Waals surface area (Å²) in [6.07, 6.45) is 3.52. The molecule has 4 aromatic rings. The Labute approximate surface area is 173 Å². The van der Waals surface area contributed by atoms with Crippen molar-refractivity contribution in [3.8, 4) is 17.0 Å². The number of nitrogens with one attached hydrogen (secondary N) is 1. The van der Waals surface area contributed by atoms with Crippen LogP contribution in [-0.4, -0.2) is 27.2 Å². The Hall–Kier alpha value is -3.64. The number of pyridine rings is 1. The maximum atomic E-state index is 11.5. The van der Waals surface area contributed by atoms with Gasteiger partial charge < -0.3 is 19.7 Å². The second-order valence-corrected chi connectivity index (χ2v) is 7.37. The third-order valence-electron chi connectivity index (χ3n) is 5.49. The van der Waals surface area contributed by atoms with Crippen LogP contribution in [0.1, 0.15) is 21.5 Å². The number of benzene rings is 2. The van der Waals surface area contributed by atoms with Gasteiger partial charge in [0.25, 0.3) is 0 Å². The van der Waals surface area contributed by atoms with E-state index in [0.717, 1.165) is 58.7 Å². The summed E-state index contributed by atoms with van der Waals surface area (Å²) in [6.45, 7) is 2.76. The average molecular weight is 399 g/mol. The minimum absolute atomic E-state index is 0.292. The van der Waals surface area contributed by atoms with Crippen molar-refractivity contribution in [1.29, 1.82) is 0 Å².